The molecule has 0 fully saturated rings. The molecule has 0 radical (unpaired) electrons. The van der Waals surface area contributed by atoms with Crippen LogP contribution in [0, 0.1) is 0 Å². The number of anilines is 1. The van der Waals surface area contributed by atoms with Crippen molar-refractivity contribution < 1.29 is 19.0 Å². The van der Waals surface area contributed by atoms with Gasteiger partial charge in [0.05, 0.1) is 32.5 Å². The van der Waals surface area contributed by atoms with E-state index in [0.29, 0.717) is 23.7 Å². The zero-order valence-electron chi connectivity index (χ0n) is 18.9. The van der Waals surface area contributed by atoms with Crippen LogP contribution >= 0.6 is 0 Å². The molecular weight excluding hydrogens is 416 g/mol. The number of hydrogen-bond acceptors (Lipinski definition) is 4. The van der Waals surface area contributed by atoms with Gasteiger partial charge in [-0.3, -0.25) is 4.79 Å². The van der Waals surface area contributed by atoms with Crippen LogP contribution < -0.4 is 19.5 Å². The first kappa shape index (κ1) is 20.9. The normalized spacial score (nSPS) is 15.1. The largest absolute Gasteiger partial charge is 0.493 e. The number of hydrogen-bond donors (Lipinski definition) is 1. The van der Waals surface area contributed by atoms with E-state index in [1.807, 2.05) is 30.3 Å². The molecule has 5 rings (SSSR count). The van der Waals surface area contributed by atoms with Crippen molar-refractivity contribution in [1.29, 1.82) is 0 Å². The van der Waals surface area contributed by atoms with Crippen LogP contribution in [0.2, 0.25) is 0 Å². The first-order valence-corrected chi connectivity index (χ1v) is 10.9. The number of rotatable bonds is 6. The molecule has 0 spiro atoms. The first-order valence-electron chi connectivity index (χ1n) is 10.9. The number of aromatic nitrogens is 1. The topological polar surface area (TPSA) is 61.7 Å². The molecule has 0 aliphatic carbocycles. The predicted molar refractivity (Wildman–Crippen MR) is 129 cm³/mol. The van der Waals surface area contributed by atoms with Crippen LogP contribution in [0.4, 0.5) is 5.69 Å². The van der Waals surface area contributed by atoms with Crippen LogP contribution in [0.1, 0.15) is 29.0 Å². The minimum atomic E-state index is -0.165. The molecule has 1 aliphatic heterocycles. The van der Waals surface area contributed by atoms with E-state index in [1.165, 1.54) is 5.56 Å². The maximum Gasteiger partial charge on any atom is 0.225 e. The number of nitrogens with zero attached hydrogens (tertiary/aromatic N) is 1. The third kappa shape index (κ3) is 3.67. The highest BCUT2D eigenvalue weighted by molar-refractivity contribution is 6.06. The Kier molecular flexibility index (Phi) is 5.42. The molecule has 2 heterocycles. The van der Waals surface area contributed by atoms with E-state index in [9.17, 15) is 4.79 Å². The van der Waals surface area contributed by atoms with Crippen molar-refractivity contribution in [3.63, 3.8) is 0 Å². The van der Waals surface area contributed by atoms with Gasteiger partial charge in [-0.2, -0.15) is 0 Å². The van der Waals surface area contributed by atoms with E-state index in [1.54, 1.807) is 21.3 Å². The van der Waals surface area contributed by atoms with Gasteiger partial charge in [0.1, 0.15) is 0 Å². The molecule has 0 saturated carbocycles. The van der Waals surface area contributed by atoms with E-state index < -0.39 is 0 Å². The van der Waals surface area contributed by atoms with Gasteiger partial charge in [0.15, 0.2) is 11.5 Å². The summed E-state index contributed by atoms with van der Waals surface area (Å²) in [6.07, 6.45) is 2.49. The maximum atomic E-state index is 12.9. The molecule has 1 atom stereocenters. The van der Waals surface area contributed by atoms with Gasteiger partial charge in [-0.25, -0.2) is 0 Å². The second-order valence-corrected chi connectivity index (χ2v) is 8.16. The highest BCUT2D eigenvalue weighted by Gasteiger charge is 2.29. The molecule has 1 aromatic heterocycles. The van der Waals surface area contributed by atoms with Crippen LogP contribution in [0.25, 0.3) is 10.9 Å². The van der Waals surface area contributed by atoms with Crippen molar-refractivity contribution in [1.82, 2.24) is 4.57 Å². The SMILES string of the molecule is COc1cc([C@H]2CC(=O)Nc3cccc4c3c2cn4Cc2ccccc2)cc(OC)c1OC. The summed E-state index contributed by atoms with van der Waals surface area (Å²) >= 11 is 0. The van der Waals surface area contributed by atoms with Crippen LogP contribution in [-0.2, 0) is 11.3 Å². The Balaban J connectivity index is 1.70. The van der Waals surface area contributed by atoms with Gasteiger partial charge in [0.2, 0.25) is 11.7 Å². The summed E-state index contributed by atoms with van der Waals surface area (Å²) < 4.78 is 18.9. The lowest BCUT2D eigenvalue weighted by Crippen LogP contribution is -2.14. The van der Waals surface area contributed by atoms with E-state index in [0.717, 1.165) is 34.3 Å². The average molecular weight is 443 g/mol. The number of methoxy groups -OCH3 is 3. The second-order valence-electron chi connectivity index (χ2n) is 8.16. The summed E-state index contributed by atoms with van der Waals surface area (Å²) in [5.74, 6) is 1.50. The van der Waals surface area contributed by atoms with Gasteiger partial charge in [0, 0.05) is 30.5 Å². The minimum Gasteiger partial charge on any atom is -0.493 e. The van der Waals surface area contributed by atoms with Gasteiger partial charge < -0.3 is 24.1 Å². The Bertz CT molecular complexity index is 1300. The number of benzene rings is 3. The summed E-state index contributed by atoms with van der Waals surface area (Å²) in [4.78, 5) is 12.9. The fourth-order valence-corrected chi connectivity index (χ4v) is 4.76. The summed E-state index contributed by atoms with van der Waals surface area (Å²) in [5, 5.41) is 4.17. The van der Waals surface area contributed by atoms with Gasteiger partial charge in [0.25, 0.3) is 0 Å². The standard InChI is InChI=1S/C27H26N2O4/c1-31-23-12-18(13-24(32-2)27(23)33-3)19-14-25(30)28-21-10-7-11-22-26(21)20(19)16-29(22)15-17-8-5-4-6-9-17/h4-13,16,19H,14-15H2,1-3H3,(H,28,30)/t19-/m1/s1. The van der Waals surface area contributed by atoms with Gasteiger partial charge in [-0.05, 0) is 41.0 Å². The Hall–Kier alpha value is -3.93. The van der Waals surface area contributed by atoms with Gasteiger partial charge in [-0.1, -0.05) is 36.4 Å². The summed E-state index contributed by atoms with van der Waals surface area (Å²) in [5.41, 5.74) is 5.19. The van der Waals surface area contributed by atoms with E-state index in [-0.39, 0.29) is 11.8 Å². The van der Waals surface area contributed by atoms with E-state index in [2.05, 4.69) is 46.4 Å². The number of amides is 1. The molecule has 6 heteroatoms. The molecular formula is C27H26N2O4. The predicted octanol–water partition coefficient (Wildman–Crippen LogP) is 5.19. The second kappa shape index (κ2) is 8.54. The third-order valence-corrected chi connectivity index (χ3v) is 6.26. The number of carbonyl (C=O) groups excluding carboxylic acids is 1. The fraction of sp³-hybridized carbons (Fsp3) is 0.222. The third-order valence-electron chi connectivity index (χ3n) is 6.26. The van der Waals surface area contributed by atoms with E-state index >= 15 is 0 Å². The average Bonchev–Trinajstić information content (AvgIpc) is 3.13. The minimum absolute atomic E-state index is 0.0212. The number of nitrogens with one attached hydrogen (secondary N) is 1. The van der Waals surface area contributed by atoms with Crippen LogP contribution in [0.3, 0.4) is 0 Å². The maximum absolute atomic E-state index is 12.9. The quantitative estimate of drug-likeness (QED) is 0.446. The lowest BCUT2D eigenvalue weighted by molar-refractivity contribution is -0.116. The van der Waals surface area contributed by atoms with Gasteiger partial charge >= 0.3 is 0 Å². The van der Waals surface area contributed by atoms with Crippen molar-refractivity contribution in [3.8, 4) is 17.2 Å². The Morgan fingerprint density at radius 1 is 0.939 bits per heavy atom. The summed E-state index contributed by atoms with van der Waals surface area (Å²) in [7, 11) is 4.79. The van der Waals surface area contributed by atoms with Crippen molar-refractivity contribution >= 4 is 22.5 Å². The highest BCUT2D eigenvalue weighted by Crippen LogP contribution is 2.45. The number of ether oxygens (including phenoxy) is 3. The lowest BCUT2D eigenvalue weighted by Gasteiger charge is -2.19. The molecule has 1 amide bonds. The van der Waals surface area contributed by atoms with E-state index in [4.69, 9.17) is 14.2 Å². The van der Waals surface area contributed by atoms with Crippen LogP contribution in [0.15, 0.2) is 66.9 Å². The van der Waals surface area contributed by atoms with Crippen molar-refractivity contribution in [2.75, 3.05) is 26.6 Å². The lowest BCUT2D eigenvalue weighted by atomic mass is 9.88. The highest BCUT2D eigenvalue weighted by atomic mass is 16.5. The molecule has 6 nitrogen and oxygen atoms in total. The molecule has 0 unspecified atom stereocenters. The van der Waals surface area contributed by atoms with Crippen molar-refractivity contribution in [2.24, 2.45) is 0 Å². The molecule has 3 aromatic carbocycles. The zero-order valence-corrected chi connectivity index (χ0v) is 18.9. The molecule has 168 valence electrons. The Morgan fingerprint density at radius 3 is 2.33 bits per heavy atom. The summed E-state index contributed by atoms with van der Waals surface area (Å²) in [6.45, 7) is 0.747. The van der Waals surface area contributed by atoms with Gasteiger partial charge in [-0.15, -0.1) is 0 Å². The molecule has 33 heavy (non-hydrogen) atoms. The van der Waals surface area contributed by atoms with Crippen molar-refractivity contribution in [3.05, 3.63) is 83.6 Å². The smallest absolute Gasteiger partial charge is 0.225 e. The zero-order chi connectivity index (χ0) is 22.9. The fourth-order valence-electron chi connectivity index (χ4n) is 4.76. The molecule has 1 N–H and O–H groups in total. The molecule has 4 aromatic rings. The molecule has 0 saturated heterocycles. The monoisotopic (exact) mass is 442 g/mol. The van der Waals surface area contributed by atoms with Crippen molar-refractivity contribution in [2.45, 2.75) is 18.9 Å². The van der Waals surface area contributed by atoms with Crippen LogP contribution in [0.5, 0.6) is 17.2 Å². The molecule has 1 aliphatic rings. The molecule has 0 bridgehead atoms. The Morgan fingerprint density at radius 2 is 1.67 bits per heavy atom. The van der Waals surface area contributed by atoms with Crippen LogP contribution in [-0.4, -0.2) is 31.8 Å². The first-order chi connectivity index (χ1) is 16.1. The Labute approximate surface area is 192 Å². The summed E-state index contributed by atoms with van der Waals surface area (Å²) in [6, 6.07) is 20.3. The number of carbonyl (C=O) groups is 1.